The summed E-state index contributed by atoms with van der Waals surface area (Å²) in [6.07, 6.45) is 12.8. The molecule has 1 aliphatic heterocycles. The average Bonchev–Trinajstić information content (AvgIpc) is 3.65. The fourth-order valence-corrected chi connectivity index (χ4v) is 8.00. The molecule has 0 radical (unpaired) electrons. The second-order valence-corrected chi connectivity index (χ2v) is 15.7. The molecule has 0 bridgehead atoms. The normalized spacial score (nSPS) is 25.0. The second-order valence-electron chi connectivity index (χ2n) is 15.7. The number of carbonyl (C=O) groups is 5. The van der Waals surface area contributed by atoms with Gasteiger partial charge in [-0.2, -0.15) is 0 Å². The molecule has 3 aliphatic carbocycles. The van der Waals surface area contributed by atoms with Gasteiger partial charge < -0.3 is 31.3 Å². The summed E-state index contributed by atoms with van der Waals surface area (Å²) in [4.78, 5) is 78.5. The summed E-state index contributed by atoms with van der Waals surface area (Å²) >= 11 is 0. The van der Waals surface area contributed by atoms with Gasteiger partial charge in [0.25, 0.3) is 11.8 Å². The molecule has 49 heavy (non-hydrogen) atoms. The minimum absolute atomic E-state index is 0.0544. The molecule has 3 saturated carbocycles. The Kier molecular flexibility index (Phi) is 11.9. The zero-order valence-corrected chi connectivity index (χ0v) is 29.5. The van der Waals surface area contributed by atoms with Gasteiger partial charge in [0.1, 0.15) is 23.8 Å². The molecule has 4 unspecified atom stereocenters. The first-order chi connectivity index (χ1) is 23.4. The lowest BCUT2D eigenvalue weighted by Gasteiger charge is -2.38. The van der Waals surface area contributed by atoms with E-state index in [1.54, 1.807) is 4.90 Å². The van der Waals surface area contributed by atoms with Gasteiger partial charge >= 0.3 is 0 Å². The summed E-state index contributed by atoms with van der Waals surface area (Å²) in [7, 11) is 0. The maximum absolute atomic E-state index is 14.6. The maximum Gasteiger partial charge on any atom is 0.272 e. The number of hydrogen-bond acceptors (Lipinski definition) is 8. The van der Waals surface area contributed by atoms with Gasteiger partial charge in [-0.1, -0.05) is 59.8 Å². The molecular weight excluding hydrogens is 626 g/mol. The van der Waals surface area contributed by atoms with Gasteiger partial charge in [-0.3, -0.25) is 29.0 Å². The molecule has 5 amide bonds. The van der Waals surface area contributed by atoms with Crippen molar-refractivity contribution in [3.8, 4) is 0 Å². The van der Waals surface area contributed by atoms with Crippen molar-refractivity contribution in [2.24, 2.45) is 23.2 Å². The SMILES string of the molecule is CCC[C@H](NC(=O)[C@@H]1C2CCCC2CN1C(=O)C(NC(=O)[C@@H](NC(=O)c1cnccn1)C1CCCCC1)C(C)(C)C)C(O)C(=O)NC1CC1. The number of amides is 5. The smallest absolute Gasteiger partial charge is 0.272 e. The topological polar surface area (TPSA) is 183 Å². The fourth-order valence-electron chi connectivity index (χ4n) is 8.00. The number of aromatic nitrogens is 2. The molecule has 13 nitrogen and oxygen atoms in total. The molecule has 0 aromatic carbocycles. The zero-order valence-electron chi connectivity index (χ0n) is 29.5. The summed E-state index contributed by atoms with van der Waals surface area (Å²) in [5, 5.41) is 22.6. The molecule has 0 spiro atoms. The van der Waals surface area contributed by atoms with E-state index in [1.165, 1.54) is 18.6 Å². The Morgan fingerprint density at radius 2 is 1.65 bits per heavy atom. The van der Waals surface area contributed by atoms with E-state index in [9.17, 15) is 29.1 Å². The molecule has 1 aromatic heterocycles. The number of aliphatic hydroxyl groups is 1. The van der Waals surface area contributed by atoms with Crippen LogP contribution in [0.15, 0.2) is 18.6 Å². The van der Waals surface area contributed by atoms with Crippen LogP contribution in [0, 0.1) is 23.2 Å². The largest absolute Gasteiger partial charge is 0.381 e. The Hall–Kier alpha value is -3.61. The van der Waals surface area contributed by atoms with Gasteiger partial charge in [0.05, 0.1) is 12.2 Å². The third-order valence-corrected chi connectivity index (χ3v) is 10.8. The van der Waals surface area contributed by atoms with E-state index in [-0.39, 0.29) is 41.3 Å². The van der Waals surface area contributed by atoms with Crippen LogP contribution in [0.25, 0.3) is 0 Å². The van der Waals surface area contributed by atoms with Crippen molar-refractivity contribution >= 4 is 29.5 Å². The lowest BCUT2D eigenvalue weighted by molar-refractivity contribution is -0.146. The van der Waals surface area contributed by atoms with Crippen molar-refractivity contribution in [3.05, 3.63) is 24.3 Å². The lowest BCUT2D eigenvalue weighted by atomic mass is 9.82. The molecule has 1 saturated heterocycles. The number of likely N-dealkylation sites (tertiary alicyclic amines) is 1. The zero-order chi connectivity index (χ0) is 35.3. The van der Waals surface area contributed by atoms with Crippen LogP contribution in [0.4, 0.5) is 0 Å². The van der Waals surface area contributed by atoms with E-state index in [2.05, 4.69) is 31.2 Å². The number of carbonyl (C=O) groups excluding carboxylic acids is 5. The van der Waals surface area contributed by atoms with Crippen LogP contribution < -0.4 is 21.3 Å². The third kappa shape index (κ3) is 8.95. The predicted molar refractivity (Wildman–Crippen MR) is 182 cm³/mol. The number of fused-ring (bicyclic) bond motifs is 1. The Balaban J connectivity index is 1.35. The number of aliphatic hydroxyl groups excluding tert-OH is 1. The maximum atomic E-state index is 14.6. The van der Waals surface area contributed by atoms with Crippen LogP contribution in [-0.2, 0) is 19.2 Å². The molecule has 4 aliphatic rings. The Bertz CT molecular complexity index is 1340. The Morgan fingerprint density at radius 3 is 2.29 bits per heavy atom. The highest BCUT2D eigenvalue weighted by Crippen LogP contribution is 2.43. The third-order valence-electron chi connectivity index (χ3n) is 10.8. The van der Waals surface area contributed by atoms with Crippen LogP contribution >= 0.6 is 0 Å². The highest BCUT2D eigenvalue weighted by Gasteiger charge is 2.52. The van der Waals surface area contributed by atoms with E-state index in [4.69, 9.17) is 0 Å². The highest BCUT2D eigenvalue weighted by molar-refractivity contribution is 5.98. The summed E-state index contributed by atoms with van der Waals surface area (Å²) in [5.74, 6) is -2.18. The lowest BCUT2D eigenvalue weighted by Crippen LogP contribution is -2.62. The quantitative estimate of drug-likeness (QED) is 0.210. The van der Waals surface area contributed by atoms with E-state index < -0.39 is 53.4 Å². The minimum Gasteiger partial charge on any atom is -0.381 e. The molecule has 4 fully saturated rings. The van der Waals surface area contributed by atoms with Gasteiger partial charge in [-0.05, 0) is 68.1 Å². The molecule has 5 N–H and O–H groups in total. The van der Waals surface area contributed by atoms with Crippen LogP contribution in [0.1, 0.15) is 115 Å². The Morgan fingerprint density at radius 1 is 0.918 bits per heavy atom. The first-order valence-corrected chi connectivity index (χ1v) is 18.4. The van der Waals surface area contributed by atoms with Gasteiger partial charge in [0, 0.05) is 25.0 Å². The molecule has 1 aromatic rings. The molecule has 2 heterocycles. The summed E-state index contributed by atoms with van der Waals surface area (Å²) in [6.45, 7) is 7.95. The van der Waals surface area contributed by atoms with E-state index in [1.807, 2.05) is 27.7 Å². The molecular formula is C36H55N7O6. The Labute approximate surface area is 289 Å². The van der Waals surface area contributed by atoms with E-state index >= 15 is 0 Å². The van der Waals surface area contributed by atoms with Gasteiger partial charge in [0.2, 0.25) is 17.7 Å². The standard InChI is InChI=1S/C36H55N7O6/c1-5-10-25(29(44)34(48)39-23-15-16-23)40-33(47)28-24-14-9-13-22(24)20-43(28)35(49)30(36(2,3)4)42-32(46)27(21-11-7-6-8-12-21)41-31(45)26-19-37-17-18-38-26/h17-19,21-25,27-30,44H,5-16,20H2,1-4H3,(H,39,48)(H,40,47)(H,41,45)(H,42,46)/t22?,24?,25-,27-,28-,29?,30?/m0/s1. The van der Waals surface area contributed by atoms with Crippen LogP contribution in [0.5, 0.6) is 0 Å². The number of rotatable bonds is 13. The number of nitrogens with one attached hydrogen (secondary N) is 4. The molecule has 13 heteroatoms. The summed E-state index contributed by atoms with van der Waals surface area (Å²) in [6, 6.07) is -3.35. The first-order valence-electron chi connectivity index (χ1n) is 18.4. The van der Waals surface area contributed by atoms with Crippen molar-refractivity contribution < 1.29 is 29.1 Å². The number of hydrogen-bond donors (Lipinski definition) is 5. The van der Waals surface area contributed by atoms with Crippen molar-refractivity contribution in [1.29, 1.82) is 0 Å². The van der Waals surface area contributed by atoms with Crippen LogP contribution in [0.2, 0.25) is 0 Å². The van der Waals surface area contributed by atoms with Gasteiger partial charge in [0.15, 0.2) is 6.10 Å². The molecule has 270 valence electrons. The van der Waals surface area contributed by atoms with Crippen molar-refractivity contribution in [2.45, 2.75) is 141 Å². The highest BCUT2D eigenvalue weighted by atomic mass is 16.3. The van der Waals surface area contributed by atoms with Crippen LogP contribution in [0.3, 0.4) is 0 Å². The first kappa shape index (κ1) is 36.7. The number of nitrogens with zero attached hydrogens (tertiary/aromatic N) is 3. The molecule has 5 rings (SSSR count). The average molecular weight is 682 g/mol. The molecule has 7 atom stereocenters. The van der Waals surface area contributed by atoms with Gasteiger partial charge in [-0.25, -0.2) is 4.98 Å². The minimum atomic E-state index is -1.40. The predicted octanol–water partition coefficient (Wildman–Crippen LogP) is 2.24. The summed E-state index contributed by atoms with van der Waals surface area (Å²) < 4.78 is 0. The van der Waals surface area contributed by atoms with E-state index in [0.717, 1.165) is 64.2 Å². The fraction of sp³-hybridized carbons (Fsp3) is 0.750. The van der Waals surface area contributed by atoms with Crippen molar-refractivity contribution in [2.75, 3.05) is 6.54 Å². The summed E-state index contributed by atoms with van der Waals surface area (Å²) in [5.41, 5.74) is -0.618. The van der Waals surface area contributed by atoms with E-state index in [0.29, 0.717) is 19.4 Å². The van der Waals surface area contributed by atoms with Gasteiger partial charge in [-0.15, -0.1) is 0 Å². The van der Waals surface area contributed by atoms with Crippen molar-refractivity contribution in [1.82, 2.24) is 36.1 Å². The van der Waals surface area contributed by atoms with Crippen LogP contribution in [-0.4, -0.2) is 92.4 Å². The second kappa shape index (κ2) is 15.9. The van der Waals surface area contributed by atoms with Crippen molar-refractivity contribution in [3.63, 3.8) is 0 Å². The monoisotopic (exact) mass is 681 g/mol.